The number of amides is 3. The number of hydrogen-bond acceptors (Lipinski definition) is 5. The van der Waals surface area contributed by atoms with Crippen LogP contribution in [-0.2, 0) is 20.3 Å². The van der Waals surface area contributed by atoms with Crippen molar-refractivity contribution in [2.45, 2.75) is 75.2 Å². The van der Waals surface area contributed by atoms with Gasteiger partial charge in [0.05, 0.1) is 6.16 Å². The third-order valence-corrected chi connectivity index (χ3v) is 9.91. The highest BCUT2D eigenvalue weighted by Crippen LogP contribution is 2.39. The monoisotopic (exact) mass is 604 g/mol. The lowest BCUT2D eigenvalue weighted by atomic mass is 9.98. The highest BCUT2D eigenvalue weighted by atomic mass is 31.2. The standard InChI is InChI=1S/C32H37N4O6P/c37-30(23-10-9-22-8-7-21(16-26(22)17-23)20-43(40,41)42)34-28-6-2-1-5-27-11-12-29(36(27)31(28)38)32(39)35-15-13-25(19-35)24-4-3-14-33-18-24/h3-4,7-10,14,16-18,25,27-29H,1-2,5-6,11-13,15,19-20H2,(H,34,37)(H2,40,41,42)/t25?,27-,28-,29-/m0/s1. The van der Waals surface area contributed by atoms with Crippen LogP contribution in [0, 0.1) is 0 Å². The van der Waals surface area contributed by atoms with E-state index >= 15 is 0 Å². The second-order valence-corrected chi connectivity index (χ2v) is 13.7. The predicted octanol–water partition coefficient (Wildman–Crippen LogP) is 3.96. The first-order valence-electron chi connectivity index (χ1n) is 15.1. The Bertz CT molecular complexity index is 1580. The second-order valence-electron chi connectivity index (χ2n) is 12.1. The van der Waals surface area contributed by atoms with Gasteiger partial charge in [0.1, 0.15) is 12.1 Å². The van der Waals surface area contributed by atoms with Gasteiger partial charge in [0.25, 0.3) is 5.91 Å². The summed E-state index contributed by atoms with van der Waals surface area (Å²) >= 11 is 0. The Balaban J connectivity index is 1.17. The van der Waals surface area contributed by atoms with E-state index < -0.39 is 25.6 Å². The second kappa shape index (κ2) is 12.2. The molecule has 10 nitrogen and oxygen atoms in total. The molecule has 4 heterocycles. The molecule has 3 fully saturated rings. The molecule has 3 aliphatic rings. The lowest BCUT2D eigenvalue weighted by Gasteiger charge is -2.36. The molecule has 3 aliphatic heterocycles. The number of likely N-dealkylation sites (tertiary alicyclic amines) is 1. The van der Waals surface area contributed by atoms with Gasteiger partial charge < -0.3 is 24.9 Å². The smallest absolute Gasteiger partial charge is 0.329 e. The summed E-state index contributed by atoms with van der Waals surface area (Å²) in [5, 5.41) is 4.47. The molecule has 1 aromatic heterocycles. The SMILES string of the molecule is O=C(N[C@H]1CCCC[C@H]2CC[C@@H](C(=O)N3CCC(c4cccnc4)C3)N2C1=O)c1ccc2ccc(CP(=O)(O)O)cc2c1. The maximum Gasteiger partial charge on any atom is 0.329 e. The summed E-state index contributed by atoms with van der Waals surface area (Å²) < 4.78 is 11.5. The number of carbonyl (C=O) groups excluding carboxylic acids is 3. The maximum absolute atomic E-state index is 14.0. The molecule has 3 amide bonds. The molecule has 6 rings (SSSR count). The van der Waals surface area contributed by atoms with Gasteiger partial charge in [-0.25, -0.2) is 0 Å². The quantitative estimate of drug-likeness (QED) is 0.362. The lowest BCUT2D eigenvalue weighted by molar-refractivity contribution is -0.146. The number of pyridine rings is 1. The fraction of sp³-hybridized carbons (Fsp3) is 0.438. The zero-order valence-electron chi connectivity index (χ0n) is 24.0. The number of nitrogens with zero attached hydrogens (tertiary/aromatic N) is 3. The van der Waals surface area contributed by atoms with E-state index in [4.69, 9.17) is 0 Å². The van der Waals surface area contributed by atoms with Gasteiger partial charge in [-0.2, -0.15) is 0 Å². The van der Waals surface area contributed by atoms with Gasteiger partial charge in [-0.1, -0.05) is 43.2 Å². The van der Waals surface area contributed by atoms with Crippen molar-refractivity contribution in [3.8, 4) is 0 Å². The van der Waals surface area contributed by atoms with Crippen LogP contribution in [0.15, 0.2) is 60.9 Å². The number of fused-ring (bicyclic) bond motifs is 2. The Hall–Kier alpha value is -3.59. The number of aromatic nitrogens is 1. The molecule has 3 N–H and O–H groups in total. The Morgan fingerprint density at radius 1 is 0.977 bits per heavy atom. The maximum atomic E-state index is 14.0. The Morgan fingerprint density at radius 2 is 1.79 bits per heavy atom. The predicted molar refractivity (Wildman–Crippen MR) is 161 cm³/mol. The average Bonchev–Trinajstić information content (AvgIpc) is 3.64. The summed E-state index contributed by atoms with van der Waals surface area (Å²) in [4.78, 5) is 67.8. The minimum absolute atomic E-state index is 0.00599. The van der Waals surface area contributed by atoms with E-state index in [1.54, 1.807) is 47.5 Å². The van der Waals surface area contributed by atoms with Crippen LogP contribution in [0.3, 0.4) is 0 Å². The molecule has 3 aromatic rings. The number of rotatable bonds is 6. The molecular weight excluding hydrogens is 567 g/mol. The first kappa shape index (κ1) is 29.5. The van der Waals surface area contributed by atoms with Crippen LogP contribution in [-0.4, -0.2) is 73.5 Å². The van der Waals surface area contributed by atoms with Gasteiger partial charge in [0, 0.05) is 43.0 Å². The minimum Gasteiger partial charge on any atom is -0.340 e. The summed E-state index contributed by atoms with van der Waals surface area (Å²) in [7, 11) is -4.23. The lowest BCUT2D eigenvalue weighted by Crippen LogP contribution is -2.56. The fourth-order valence-corrected chi connectivity index (χ4v) is 7.66. The van der Waals surface area contributed by atoms with Crippen molar-refractivity contribution in [1.29, 1.82) is 0 Å². The van der Waals surface area contributed by atoms with Crippen LogP contribution in [0.4, 0.5) is 0 Å². The van der Waals surface area contributed by atoms with E-state index in [-0.39, 0.29) is 29.9 Å². The van der Waals surface area contributed by atoms with Gasteiger partial charge >= 0.3 is 7.60 Å². The molecule has 43 heavy (non-hydrogen) atoms. The molecular formula is C32H37N4O6P. The van der Waals surface area contributed by atoms with E-state index in [0.717, 1.165) is 43.1 Å². The van der Waals surface area contributed by atoms with E-state index in [0.29, 0.717) is 42.4 Å². The number of nitrogens with one attached hydrogen (secondary N) is 1. The fourth-order valence-electron chi connectivity index (χ4n) is 6.98. The highest BCUT2D eigenvalue weighted by Gasteiger charge is 2.46. The third-order valence-electron chi connectivity index (χ3n) is 9.14. The van der Waals surface area contributed by atoms with Crippen LogP contribution in [0.5, 0.6) is 0 Å². The van der Waals surface area contributed by atoms with Crippen molar-refractivity contribution in [1.82, 2.24) is 20.1 Å². The zero-order chi connectivity index (χ0) is 30.1. The normalized spacial score (nSPS) is 24.5. The summed E-state index contributed by atoms with van der Waals surface area (Å²) in [6.45, 7) is 1.27. The zero-order valence-corrected chi connectivity index (χ0v) is 24.9. The topological polar surface area (TPSA) is 140 Å². The summed E-state index contributed by atoms with van der Waals surface area (Å²) in [6, 6.07) is 13.0. The van der Waals surface area contributed by atoms with Crippen LogP contribution in [0.2, 0.25) is 0 Å². The van der Waals surface area contributed by atoms with Crippen molar-refractivity contribution in [3.05, 3.63) is 77.6 Å². The van der Waals surface area contributed by atoms with Gasteiger partial charge in [-0.15, -0.1) is 0 Å². The van der Waals surface area contributed by atoms with Gasteiger partial charge in [0.15, 0.2) is 0 Å². The van der Waals surface area contributed by atoms with E-state index in [9.17, 15) is 28.7 Å². The Kier molecular flexibility index (Phi) is 8.36. The number of carbonyl (C=O) groups is 3. The number of benzene rings is 2. The van der Waals surface area contributed by atoms with E-state index in [1.807, 2.05) is 23.2 Å². The summed E-state index contributed by atoms with van der Waals surface area (Å²) in [6.07, 6.45) is 8.59. The molecule has 0 spiro atoms. The molecule has 0 saturated carbocycles. The molecule has 1 unspecified atom stereocenters. The molecule has 2 aromatic carbocycles. The Morgan fingerprint density at radius 3 is 2.58 bits per heavy atom. The van der Waals surface area contributed by atoms with Crippen LogP contribution < -0.4 is 5.32 Å². The van der Waals surface area contributed by atoms with Gasteiger partial charge in [-0.05, 0) is 72.2 Å². The van der Waals surface area contributed by atoms with Crippen molar-refractivity contribution in [3.63, 3.8) is 0 Å². The first-order chi connectivity index (χ1) is 20.7. The van der Waals surface area contributed by atoms with Crippen LogP contribution in [0.1, 0.15) is 72.3 Å². The van der Waals surface area contributed by atoms with Crippen LogP contribution in [0.25, 0.3) is 10.8 Å². The van der Waals surface area contributed by atoms with Gasteiger partial charge in [0.2, 0.25) is 11.8 Å². The van der Waals surface area contributed by atoms with Gasteiger partial charge in [-0.3, -0.25) is 23.9 Å². The molecule has 11 heteroatoms. The minimum atomic E-state index is -4.23. The van der Waals surface area contributed by atoms with E-state index in [2.05, 4.69) is 10.3 Å². The molecule has 4 atom stereocenters. The van der Waals surface area contributed by atoms with Crippen LogP contribution >= 0.6 is 7.60 Å². The molecule has 3 saturated heterocycles. The third kappa shape index (κ3) is 6.51. The molecule has 0 bridgehead atoms. The Labute approximate surface area is 250 Å². The molecule has 226 valence electrons. The molecule has 0 aliphatic carbocycles. The summed E-state index contributed by atoms with van der Waals surface area (Å²) in [5.74, 6) is -0.353. The van der Waals surface area contributed by atoms with Crippen molar-refractivity contribution < 1.29 is 28.7 Å². The highest BCUT2D eigenvalue weighted by molar-refractivity contribution is 7.50. The van der Waals surface area contributed by atoms with E-state index in [1.165, 1.54) is 0 Å². The van der Waals surface area contributed by atoms with Crippen molar-refractivity contribution in [2.24, 2.45) is 0 Å². The first-order valence-corrected chi connectivity index (χ1v) is 16.8. The molecule has 0 radical (unpaired) electrons. The number of hydrogen-bond donors (Lipinski definition) is 3. The largest absolute Gasteiger partial charge is 0.340 e. The van der Waals surface area contributed by atoms with Crippen molar-refractivity contribution in [2.75, 3.05) is 13.1 Å². The summed E-state index contributed by atoms with van der Waals surface area (Å²) in [5.41, 5.74) is 1.97. The van der Waals surface area contributed by atoms with Crippen molar-refractivity contribution >= 4 is 36.1 Å². The average molecular weight is 605 g/mol.